The first kappa shape index (κ1) is 18.1. The molecule has 7 heteroatoms. The second kappa shape index (κ2) is 7.74. The number of carbonyl (C=O) groups excluding carboxylic acids is 1. The van der Waals surface area contributed by atoms with E-state index in [0.29, 0.717) is 23.8 Å². The van der Waals surface area contributed by atoms with E-state index in [1.54, 1.807) is 23.5 Å². The van der Waals surface area contributed by atoms with Crippen LogP contribution in [-0.4, -0.2) is 42.1 Å². The van der Waals surface area contributed by atoms with E-state index >= 15 is 0 Å². The maximum absolute atomic E-state index is 12.5. The van der Waals surface area contributed by atoms with Crippen molar-refractivity contribution in [2.24, 2.45) is 0 Å². The number of urea groups is 1. The van der Waals surface area contributed by atoms with E-state index in [4.69, 9.17) is 16.6 Å². The number of hydrogen-bond acceptors (Lipinski definition) is 4. The number of nitrogens with zero attached hydrogens (tertiary/aromatic N) is 3. The fourth-order valence-corrected chi connectivity index (χ4v) is 4.54. The number of fused-ring (bicyclic) bond motifs is 1. The minimum atomic E-state index is -0.0884. The van der Waals surface area contributed by atoms with Crippen LogP contribution in [0.1, 0.15) is 12.5 Å². The van der Waals surface area contributed by atoms with Gasteiger partial charge < -0.3 is 15.1 Å². The highest BCUT2D eigenvalue weighted by Gasteiger charge is 2.23. The number of aryl methyl sites for hydroxylation is 1. The smallest absolute Gasteiger partial charge is 0.321 e. The monoisotopic (exact) mass is 400 g/mol. The number of hydrogen-bond donors (Lipinski definition) is 1. The van der Waals surface area contributed by atoms with Gasteiger partial charge in [0.2, 0.25) is 0 Å². The highest BCUT2D eigenvalue weighted by molar-refractivity contribution is 7.22. The number of carbonyl (C=O) groups is 1. The number of para-hydroxylation sites is 1. The standard InChI is InChI=1S/C20H21ClN4OS/c1-2-14-5-3-8-17-18(14)23-20(27-17)25-11-9-24(10-12-25)19(26)22-16-7-4-6-15(21)13-16/h3-8,13H,2,9-12H2,1H3,(H,22,26). The van der Waals surface area contributed by atoms with Crippen LogP contribution in [0.2, 0.25) is 5.02 Å². The Bertz CT molecular complexity index is 966. The maximum Gasteiger partial charge on any atom is 0.321 e. The Labute approximate surface area is 167 Å². The molecule has 1 fully saturated rings. The molecule has 4 rings (SSSR count). The summed E-state index contributed by atoms with van der Waals surface area (Å²) in [5.74, 6) is 0. The molecule has 3 aromatic rings. The molecule has 27 heavy (non-hydrogen) atoms. The topological polar surface area (TPSA) is 48.5 Å². The summed E-state index contributed by atoms with van der Waals surface area (Å²) in [5, 5.41) is 4.57. The Morgan fingerprint density at radius 3 is 2.70 bits per heavy atom. The second-order valence-electron chi connectivity index (χ2n) is 6.53. The third-order valence-corrected chi connectivity index (χ3v) is 6.10. The Balaban J connectivity index is 1.41. The van der Waals surface area contributed by atoms with Crippen LogP contribution in [0.5, 0.6) is 0 Å². The number of halogens is 1. The van der Waals surface area contributed by atoms with Gasteiger partial charge in [0.15, 0.2) is 5.13 Å². The van der Waals surface area contributed by atoms with Gasteiger partial charge in [-0.2, -0.15) is 0 Å². The lowest BCUT2D eigenvalue weighted by atomic mass is 10.1. The molecule has 5 nitrogen and oxygen atoms in total. The summed E-state index contributed by atoms with van der Waals surface area (Å²) in [4.78, 5) is 21.5. The minimum absolute atomic E-state index is 0.0884. The average molecular weight is 401 g/mol. The van der Waals surface area contributed by atoms with Crippen LogP contribution in [-0.2, 0) is 6.42 Å². The lowest BCUT2D eigenvalue weighted by Crippen LogP contribution is -2.50. The number of anilines is 2. The molecule has 1 aliphatic heterocycles. The lowest BCUT2D eigenvalue weighted by Gasteiger charge is -2.34. The summed E-state index contributed by atoms with van der Waals surface area (Å²) in [5.41, 5.74) is 3.11. The largest absolute Gasteiger partial charge is 0.345 e. The molecule has 0 atom stereocenters. The van der Waals surface area contributed by atoms with Crippen molar-refractivity contribution in [1.82, 2.24) is 9.88 Å². The van der Waals surface area contributed by atoms with Crippen LogP contribution in [0.4, 0.5) is 15.6 Å². The Morgan fingerprint density at radius 2 is 1.96 bits per heavy atom. The molecule has 2 heterocycles. The number of amides is 2. The van der Waals surface area contributed by atoms with Gasteiger partial charge in [0.1, 0.15) is 0 Å². The van der Waals surface area contributed by atoms with Crippen LogP contribution < -0.4 is 10.2 Å². The van der Waals surface area contributed by atoms with Crippen molar-refractivity contribution >= 4 is 50.0 Å². The summed E-state index contributed by atoms with van der Waals surface area (Å²) in [6.07, 6.45) is 0.984. The van der Waals surface area contributed by atoms with Crippen LogP contribution in [0, 0.1) is 0 Å². The van der Waals surface area contributed by atoms with Gasteiger partial charge in [-0.3, -0.25) is 0 Å². The molecule has 1 N–H and O–H groups in total. The van der Waals surface area contributed by atoms with Crippen molar-refractivity contribution < 1.29 is 4.79 Å². The maximum atomic E-state index is 12.5. The Morgan fingerprint density at radius 1 is 1.19 bits per heavy atom. The van der Waals surface area contributed by atoms with Crippen molar-refractivity contribution in [3.8, 4) is 0 Å². The van der Waals surface area contributed by atoms with E-state index in [1.807, 2.05) is 17.0 Å². The van der Waals surface area contributed by atoms with Crippen molar-refractivity contribution in [3.63, 3.8) is 0 Å². The van der Waals surface area contributed by atoms with E-state index in [1.165, 1.54) is 10.3 Å². The predicted octanol–water partition coefficient (Wildman–Crippen LogP) is 4.87. The van der Waals surface area contributed by atoms with Crippen LogP contribution >= 0.6 is 22.9 Å². The highest BCUT2D eigenvalue weighted by atomic mass is 35.5. The van der Waals surface area contributed by atoms with Crippen molar-refractivity contribution in [1.29, 1.82) is 0 Å². The van der Waals surface area contributed by atoms with Crippen molar-refractivity contribution in [2.75, 3.05) is 36.4 Å². The zero-order valence-corrected chi connectivity index (χ0v) is 16.7. The van der Waals surface area contributed by atoms with Gasteiger partial charge in [0.25, 0.3) is 0 Å². The van der Waals surface area contributed by atoms with Gasteiger partial charge in [-0.25, -0.2) is 9.78 Å². The van der Waals surface area contributed by atoms with Crippen molar-refractivity contribution in [3.05, 3.63) is 53.1 Å². The van der Waals surface area contributed by atoms with Crippen LogP contribution in [0.3, 0.4) is 0 Å². The molecule has 140 valence electrons. The van der Waals surface area contributed by atoms with E-state index < -0.39 is 0 Å². The SMILES string of the molecule is CCc1cccc2sc(N3CCN(C(=O)Nc4cccc(Cl)c4)CC3)nc12. The number of benzene rings is 2. The molecule has 2 aromatic carbocycles. The molecule has 0 radical (unpaired) electrons. The summed E-state index contributed by atoms with van der Waals surface area (Å²) in [7, 11) is 0. The minimum Gasteiger partial charge on any atom is -0.345 e. The number of thiazole rings is 1. The van der Waals surface area contributed by atoms with E-state index in [0.717, 1.165) is 30.2 Å². The molecule has 2 amide bonds. The van der Waals surface area contributed by atoms with Gasteiger partial charge in [0, 0.05) is 36.9 Å². The number of rotatable bonds is 3. The van der Waals surface area contributed by atoms with E-state index in [2.05, 4.69) is 35.3 Å². The van der Waals surface area contributed by atoms with Crippen LogP contribution in [0.25, 0.3) is 10.2 Å². The first-order valence-corrected chi connectivity index (χ1v) is 10.3. The molecule has 0 bridgehead atoms. The highest BCUT2D eigenvalue weighted by Crippen LogP contribution is 2.31. The quantitative estimate of drug-likeness (QED) is 0.682. The van der Waals surface area contributed by atoms with E-state index in [9.17, 15) is 4.79 Å². The first-order chi connectivity index (χ1) is 13.1. The normalized spacial score (nSPS) is 14.6. The lowest BCUT2D eigenvalue weighted by molar-refractivity contribution is 0.208. The van der Waals surface area contributed by atoms with Crippen LogP contribution in [0.15, 0.2) is 42.5 Å². The predicted molar refractivity (Wildman–Crippen MR) is 113 cm³/mol. The molecule has 1 aromatic heterocycles. The Kier molecular flexibility index (Phi) is 5.18. The first-order valence-electron chi connectivity index (χ1n) is 9.09. The fraction of sp³-hybridized carbons (Fsp3) is 0.300. The van der Waals surface area contributed by atoms with E-state index in [-0.39, 0.29) is 6.03 Å². The second-order valence-corrected chi connectivity index (χ2v) is 7.97. The van der Waals surface area contributed by atoms with Gasteiger partial charge in [-0.15, -0.1) is 0 Å². The third-order valence-electron chi connectivity index (χ3n) is 4.79. The van der Waals surface area contributed by atoms with Gasteiger partial charge >= 0.3 is 6.03 Å². The number of aromatic nitrogens is 1. The summed E-state index contributed by atoms with van der Waals surface area (Å²) in [6.45, 7) is 5.06. The molecular weight excluding hydrogens is 380 g/mol. The Hall–Kier alpha value is -2.31. The number of nitrogens with one attached hydrogen (secondary N) is 1. The summed E-state index contributed by atoms with van der Waals surface area (Å²) >= 11 is 7.71. The van der Waals surface area contributed by atoms with Crippen molar-refractivity contribution in [2.45, 2.75) is 13.3 Å². The molecule has 1 aliphatic rings. The molecule has 0 spiro atoms. The zero-order valence-electron chi connectivity index (χ0n) is 15.1. The zero-order chi connectivity index (χ0) is 18.8. The average Bonchev–Trinajstić information content (AvgIpc) is 3.12. The molecule has 0 saturated carbocycles. The summed E-state index contributed by atoms with van der Waals surface area (Å²) in [6, 6.07) is 13.5. The third kappa shape index (κ3) is 3.87. The molecule has 0 aliphatic carbocycles. The van der Waals surface area contributed by atoms with Gasteiger partial charge in [-0.1, -0.05) is 48.1 Å². The molecular formula is C20H21ClN4OS. The fourth-order valence-electron chi connectivity index (χ4n) is 3.28. The molecule has 0 unspecified atom stereocenters. The van der Waals surface area contributed by atoms with Gasteiger partial charge in [0.05, 0.1) is 10.2 Å². The number of piperazine rings is 1. The van der Waals surface area contributed by atoms with Gasteiger partial charge in [-0.05, 0) is 36.2 Å². The molecule has 1 saturated heterocycles. The summed E-state index contributed by atoms with van der Waals surface area (Å²) < 4.78 is 1.23.